The molecule has 0 atom stereocenters. The van der Waals surface area contributed by atoms with Gasteiger partial charge in [-0.25, -0.2) is 23.6 Å². The lowest BCUT2D eigenvalue weighted by Crippen LogP contribution is -2.27. The van der Waals surface area contributed by atoms with E-state index in [0.717, 1.165) is 6.26 Å². The molecule has 1 aromatic heterocycles. The Morgan fingerprint density at radius 3 is 2.79 bits per heavy atom. The van der Waals surface area contributed by atoms with Crippen molar-refractivity contribution in [3.05, 3.63) is 23.6 Å². The van der Waals surface area contributed by atoms with Crippen LogP contribution in [-0.4, -0.2) is 37.9 Å². The molecule has 0 saturated heterocycles. The zero-order valence-electron chi connectivity index (χ0n) is 10.3. The molecule has 1 amide bonds. The molecule has 0 unspecified atom stereocenters. The summed E-state index contributed by atoms with van der Waals surface area (Å²) >= 11 is 0. The van der Waals surface area contributed by atoms with E-state index in [1.54, 1.807) is 0 Å². The monoisotopic (exact) mass is 290 g/mol. The number of hydrogen-bond acceptors (Lipinski definition) is 6. The number of carbonyl (C=O) groups excluding carboxylic acids is 1. The minimum atomic E-state index is -3.07. The van der Waals surface area contributed by atoms with E-state index in [-0.39, 0.29) is 30.1 Å². The van der Waals surface area contributed by atoms with E-state index in [1.165, 1.54) is 12.3 Å². The van der Waals surface area contributed by atoms with Gasteiger partial charge in [0.15, 0.2) is 11.6 Å². The largest absolute Gasteiger partial charge is 0.352 e. The van der Waals surface area contributed by atoms with Gasteiger partial charge in [-0.15, -0.1) is 0 Å². The van der Waals surface area contributed by atoms with Gasteiger partial charge in [0.25, 0.3) is 5.91 Å². The van der Waals surface area contributed by atoms with Crippen LogP contribution in [-0.2, 0) is 9.84 Å². The van der Waals surface area contributed by atoms with Crippen molar-refractivity contribution in [3.8, 4) is 0 Å². The Balaban J connectivity index is 2.59. The molecule has 19 heavy (non-hydrogen) atoms. The molecule has 0 radical (unpaired) electrons. The van der Waals surface area contributed by atoms with Gasteiger partial charge in [-0.2, -0.15) is 0 Å². The van der Waals surface area contributed by atoms with Crippen LogP contribution in [0.3, 0.4) is 0 Å². The van der Waals surface area contributed by atoms with E-state index in [9.17, 15) is 17.6 Å². The number of nitrogen functional groups attached to an aromatic ring is 1. The zero-order valence-corrected chi connectivity index (χ0v) is 11.1. The van der Waals surface area contributed by atoms with Crippen molar-refractivity contribution < 1.29 is 17.6 Å². The number of sulfone groups is 1. The molecule has 0 aromatic carbocycles. The van der Waals surface area contributed by atoms with Crippen LogP contribution in [0.25, 0.3) is 0 Å². The number of aromatic nitrogens is 1. The van der Waals surface area contributed by atoms with Gasteiger partial charge >= 0.3 is 0 Å². The number of carbonyl (C=O) groups is 1. The average molecular weight is 290 g/mol. The van der Waals surface area contributed by atoms with Crippen molar-refractivity contribution in [3.63, 3.8) is 0 Å². The number of anilines is 1. The summed E-state index contributed by atoms with van der Waals surface area (Å²) in [5, 5.41) is 2.42. The molecule has 9 heteroatoms. The quantitative estimate of drug-likeness (QED) is 0.375. The number of amides is 1. The van der Waals surface area contributed by atoms with E-state index in [4.69, 9.17) is 5.84 Å². The summed E-state index contributed by atoms with van der Waals surface area (Å²) in [6, 6.07) is 1.21. The first-order chi connectivity index (χ1) is 8.85. The van der Waals surface area contributed by atoms with Crippen molar-refractivity contribution in [2.45, 2.75) is 6.42 Å². The summed E-state index contributed by atoms with van der Waals surface area (Å²) < 4.78 is 35.4. The fourth-order valence-corrected chi connectivity index (χ4v) is 2.02. The van der Waals surface area contributed by atoms with Gasteiger partial charge in [-0.05, 0) is 12.5 Å². The minimum Gasteiger partial charge on any atom is -0.352 e. The lowest BCUT2D eigenvalue weighted by atomic mass is 10.2. The minimum absolute atomic E-state index is 0.0400. The first kappa shape index (κ1) is 15.3. The molecule has 4 N–H and O–H groups in total. The third-order valence-electron chi connectivity index (χ3n) is 2.25. The predicted molar refractivity (Wildman–Crippen MR) is 68.7 cm³/mol. The first-order valence-electron chi connectivity index (χ1n) is 5.42. The van der Waals surface area contributed by atoms with Gasteiger partial charge in [0, 0.05) is 19.0 Å². The molecule has 1 rings (SSSR count). The number of rotatable bonds is 6. The van der Waals surface area contributed by atoms with Crippen LogP contribution in [0.15, 0.2) is 12.3 Å². The van der Waals surface area contributed by atoms with Gasteiger partial charge < -0.3 is 10.7 Å². The molecule has 1 aromatic rings. The maximum Gasteiger partial charge on any atom is 0.254 e. The van der Waals surface area contributed by atoms with Gasteiger partial charge in [0.1, 0.15) is 9.84 Å². The molecule has 7 nitrogen and oxygen atoms in total. The second-order valence-electron chi connectivity index (χ2n) is 3.90. The Morgan fingerprint density at radius 1 is 1.53 bits per heavy atom. The second-order valence-corrected chi connectivity index (χ2v) is 6.16. The van der Waals surface area contributed by atoms with E-state index >= 15 is 0 Å². The van der Waals surface area contributed by atoms with E-state index in [0.29, 0.717) is 0 Å². The summed E-state index contributed by atoms with van der Waals surface area (Å²) in [6.45, 7) is 0.138. The first-order valence-corrected chi connectivity index (χ1v) is 7.48. The normalized spacial score (nSPS) is 11.1. The molecule has 0 aliphatic rings. The lowest BCUT2D eigenvalue weighted by molar-refractivity contribution is 0.0949. The Morgan fingerprint density at radius 2 is 2.21 bits per heavy atom. The predicted octanol–water partition coefficient (Wildman–Crippen LogP) is -0.329. The Kier molecular flexibility index (Phi) is 5.19. The number of pyridine rings is 1. The van der Waals surface area contributed by atoms with Crippen LogP contribution in [0.5, 0.6) is 0 Å². The molecule has 0 spiro atoms. The van der Waals surface area contributed by atoms with Gasteiger partial charge in [0.2, 0.25) is 0 Å². The molecule has 106 valence electrons. The summed E-state index contributed by atoms with van der Waals surface area (Å²) in [5.74, 6) is 3.26. The van der Waals surface area contributed by atoms with Crippen LogP contribution in [0, 0.1) is 5.82 Å². The van der Waals surface area contributed by atoms with Gasteiger partial charge in [-0.3, -0.25) is 4.79 Å². The number of nitrogens with zero attached hydrogens (tertiary/aromatic N) is 1. The number of nitrogens with two attached hydrogens (primary N) is 1. The highest BCUT2D eigenvalue weighted by Crippen LogP contribution is 2.13. The number of hydrogen-bond donors (Lipinski definition) is 3. The van der Waals surface area contributed by atoms with Crippen molar-refractivity contribution in [1.29, 1.82) is 0 Å². The van der Waals surface area contributed by atoms with Crippen molar-refractivity contribution >= 4 is 21.6 Å². The molecule has 0 saturated carbocycles. The summed E-state index contributed by atoms with van der Waals surface area (Å²) in [4.78, 5) is 15.3. The van der Waals surface area contributed by atoms with Crippen molar-refractivity contribution in [2.24, 2.45) is 5.84 Å². The number of hydrazine groups is 1. The summed E-state index contributed by atoms with van der Waals surface area (Å²) in [6.07, 6.45) is 2.61. The Hall–Kier alpha value is -1.74. The van der Waals surface area contributed by atoms with Crippen LogP contribution in [0.4, 0.5) is 10.2 Å². The SMILES string of the molecule is CS(=O)(=O)CCCNC(=O)c1ccnc(NN)c1F. The summed E-state index contributed by atoms with van der Waals surface area (Å²) in [7, 11) is -3.07. The molecular formula is C10H15FN4O3S. The van der Waals surface area contributed by atoms with Crippen molar-refractivity contribution in [2.75, 3.05) is 24.0 Å². The fourth-order valence-electron chi connectivity index (χ4n) is 1.35. The highest BCUT2D eigenvalue weighted by molar-refractivity contribution is 7.90. The van der Waals surface area contributed by atoms with Gasteiger partial charge in [-0.1, -0.05) is 0 Å². The molecular weight excluding hydrogens is 275 g/mol. The highest BCUT2D eigenvalue weighted by Gasteiger charge is 2.15. The van der Waals surface area contributed by atoms with E-state index in [1.807, 2.05) is 5.43 Å². The van der Waals surface area contributed by atoms with Crippen LogP contribution in [0.2, 0.25) is 0 Å². The maximum absolute atomic E-state index is 13.7. The van der Waals surface area contributed by atoms with Crippen LogP contribution >= 0.6 is 0 Å². The molecule has 0 aliphatic heterocycles. The van der Waals surface area contributed by atoms with Crippen molar-refractivity contribution in [1.82, 2.24) is 10.3 Å². The number of halogens is 1. The molecule has 0 fully saturated rings. The topological polar surface area (TPSA) is 114 Å². The number of nitrogens with one attached hydrogen (secondary N) is 2. The van der Waals surface area contributed by atoms with Crippen LogP contribution in [0.1, 0.15) is 16.8 Å². The molecule has 1 heterocycles. The maximum atomic E-state index is 13.7. The highest BCUT2D eigenvalue weighted by atomic mass is 32.2. The smallest absolute Gasteiger partial charge is 0.254 e. The average Bonchev–Trinajstić information content (AvgIpc) is 2.33. The second kappa shape index (κ2) is 6.43. The zero-order chi connectivity index (χ0) is 14.5. The summed E-state index contributed by atoms with van der Waals surface area (Å²) in [5.41, 5.74) is 1.83. The molecule has 0 bridgehead atoms. The third-order valence-corrected chi connectivity index (χ3v) is 3.28. The third kappa shape index (κ3) is 4.79. The van der Waals surface area contributed by atoms with E-state index < -0.39 is 21.6 Å². The lowest BCUT2D eigenvalue weighted by Gasteiger charge is -2.07. The van der Waals surface area contributed by atoms with E-state index in [2.05, 4.69) is 10.3 Å². The van der Waals surface area contributed by atoms with Crippen LogP contribution < -0.4 is 16.6 Å². The Bertz CT molecular complexity index is 562. The standard InChI is InChI=1S/C10H15FN4O3S/c1-19(17,18)6-2-4-14-10(16)7-3-5-13-9(15-12)8(7)11/h3,5H,2,4,6,12H2,1H3,(H,13,15)(H,14,16). The molecule has 0 aliphatic carbocycles. The van der Waals surface area contributed by atoms with Gasteiger partial charge in [0.05, 0.1) is 11.3 Å². The fraction of sp³-hybridized carbons (Fsp3) is 0.400. The Labute approximate surface area is 110 Å².